The largest absolute Gasteiger partial charge is 0.272 e. The van der Waals surface area contributed by atoms with E-state index in [9.17, 15) is 4.79 Å². The maximum atomic E-state index is 12.7. The molecule has 3 heteroatoms. The van der Waals surface area contributed by atoms with E-state index in [2.05, 4.69) is 0 Å². The lowest BCUT2D eigenvalue weighted by atomic mass is 9.51. The predicted octanol–water partition coefficient (Wildman–Crippen LogP) is 2.61. The molecule has 0 spiro atoms. The van der Waals surface area contributed by atoms with Crippen LogP contribution in [0.1, 0.15) is 44.9 Å². The molecule has 5 fully saturated rings. The summed E-state index contributed by atoms with van der Waals surface area (Å²) < 4.78 is 0. The molecule has 4 bridgehead atoms. The lowest BCUT2D eigenvalue weighted by Crippen LogP contribution is -2.52. The Morgan fingerprint density at radius 1 is 0.944 bits per heavy atom. The molecule has 100 valence electrons. The van der Waals surface area contributed by atoms with Crippen LogP contribution in [0.5, 0.6) is 0 Å². The summed E-state index contributed by atoms with van der Waals surface area (Å²) in [4.78, 5) is 18.3. The second kappa shape index (κ2) is 4.22. The number of rotatable bonds is 1. The van der Waals surface area contributed by atoms with Gasteiger partial charge >= 0.3 is 0 Å². The van der Waals surface area contributed by atoms with Gasteiger partial charge in [-0.05, 0) is 68.6 Å². The van der Waals surface area contributed by atoms with Gasteiger partial charge in [-0.25, -0.2) is 5.06 Å². The first-order valence-corrected chi connectivity index (χ1v) is 7.75. The van der Waals surface area contributed by atoms with Gasteiger partial charge in [0.2, 0.25) is 5.91 Å². The number of amides is 1. The van der Waals surface area contributed by atoms with E-state index in [-0.39, 0.29) is 0 Å². The Hall–Kier alpha value is -0.570. The molecule has 4 aliphatic carbocycles. The number of hydroxylamine groups is 2. The third kappa shape index (κ3) is 1.70. The van der Waals surface area contributed by atoms with Crippen LogP contribution >= 0.6 is 0 Å². The van der Waals surface area contributed by atoms with Gasteiger partial charge in [0.15, 0.2) is 0 Å². The molecule has 0 aromatic heterocycles. The van der Waals surface area contributed by atoms with Gasteiger partial charge in [0.05, 0.1) is 6.61 Å². The molecule has 5 aliphatic rings. The number of carbonyl (C=O) groups excluding carboxylic acids is 1. The Bertz CT molecular complexity index is 320. The highest BCUT2D eigenvalue weighted by Gasteiger charge is 2.51. The second-order valence-corrected chi connectivity index (χ2v) is 6.94. The minimum Gasteiger partial charge on any atom is -0.272 e. The Balaban J connectivity index is 1.52. The monoisotopic (exact) mass is 249 g/mol. The van der Waals surface area contributed by atoms with Crippen LogP contribution in [0, 0.1) is 29.6 Å². The second-order valence-electron chi connectivity index (χ2n) is 6.94. The molecule has 0 radical (unpaired) electrons. The van der Waals surface area contributed by atoms with Crippen molar-refractivity contribution >= 4 is 5.91 Å². The third-order valence-corrected chi connectivity index (χ3v) is 5.76. The maximum Gasteiger partial charge on any atom is 0.249 e. The van der Waals surface area contributed by atoms with Gasteiger partial charge < -0.3 is 0 Å². The molecule has 0 aromatic carbocycles. The number of hydrogen-bond donors (Lipinski definition) is 0. The summed E-state index contributed by atoms with van der Waals surface area (Å²) in [5, 5.41) is 1.70. The Morgan fingerprint density at radius 2 is 1.61 bits per heavy atom. The first-order valence-electron chi connectivity index (χ1n) is 7.75. The van der Waals surface area contributed by atoms with Crippen molar-refractivity contribution in [2.45, 2.75) is 44.9 Å². The van der Waals surface area contributed by atoms with Gasteiger partial charge in [0.25, 0.3) is 0 Å². The van der Waals surface area contributed by atoms with Crippen molar-refractivity contribution in [3.63, 3.8) is 0 Å². The smallest absolute Gasteiger partial charge is 0.249 e. The summed E-state index contributed by atoms with van der Waals surface area (Å²) in [5.74, 6) is 3.87. The molecule has 1 saturated heterocycles. The number of hydrogen-bond acceptors (Lipinski definition) is 2. The zero-order valence-electron chi connectivity index (χ0n) is 11.0. The Kier molecular flexibility index (Phi) is 2.65. The summed E-state index contributed by atoms with van der Waals surface area (Å²) in [6, 6.07) is 0. The highest BCUT2D eigenvalue weighted by atomic mass is 16.7. The van der Waals surface area contributed by atoms with Crippen LogP contribution in [0.15, 0.2) is 0 Å². The maximum absolute atomic E-state index is 12.7. The minimum absolute atomic E-state index is 0.302. The molecule has 0 aromatic rings. The van der Waals surface area contributed by atoms with E-state index >= 15 is 0 Å². The van der Waals surface area contributed by atoms with Crippen molar-refractivity contribution in [3.05, 3.63) is 0 Å². The van der Waals surface area contributed by atoms with E-state index in [1.807, 2.05) is 0 Å². The summed E-state index contributed by atoms with van der Waals surface area (Å²) in [6.45, 7) is 1.56. The summed E-state index contributed by atoms with van der Waals surface area (Å²) >= 11 is 0. The van der Waals surface area contributed by atoms with Crippen LogP contribution in [-0.2, 0) is 9.63 Å². The van der Waals surface area contributed by atoms with E-state index < -0.39 is 0 Å². The lowest BCUT2D eigenvalue weighted by molar-refractivity contribution is -0.210. The van der Waals surface area contributed by atoms with E-state index in [1.165, 1.54) is 32.1 Å². The Labute approximate surface area is 109 Å². The van der Waals surface area contributed by atoms with Gasteiger partial charge in [-0.2, -0.15) is 0 Å². The van der Waals surface area contributed by atoms with Crippen molar-refractivity contribution < 1.29 is 9.63 Å². The number of nitrogens with zero attached hydrogens (tertiary/aromatic N) is 1. The molecule has 3 nitrogen and oxygen atoms in total. The molecule has 0 N–H and O–H groups in total. The fourth-order valence-electron chi connectivity index (χ4n) is 5.27. The van der Waals surface area contributed by atoms with E-state index in [0.717, 1.165) is 37.8 Å². The number of carbonyl (C=O) groups is 1. The van der Waals surface area contributed by atoms with Crippen LogP contribution in [0.4, 0.5) is 0 Å². The zero-order valence-corrected chi connectivity index (χ0v) is 11.0. The fourth-order valence-corrected chi connectivity index (χ4v) is 5.27. The summed E-state index contributed by atoms with van der Waals surface area (Å²) in [5.41, 5.74) is 0. The quantitative estimate of drug-likeness (QED) is 0.715. The standard InChI is InChI=1S/C15H23NO2/c17-15(16-3-1-2-4-18-16)14-12-6-10-5-11(8-12)9-13(14)7-10/h10-14H,1-9H2. The van der Waals surface area contributed by atoms with Gasteiger partial charge in [-0.1, -0.05) is 0 Å². The highest BCUT2D eigenvalue weighted by Crippen LogP contribution is 2.56. The summed E-state index contributed by atoms with van der Waals surface area (Å²) in [7, 11) is 0. The van der Waals surface area contributed by atoms with Crippen LogP contribution in [0.3, 0.4) is 0 Å². The van der Waals surface area contributed by atoms with Crippen molar-refractivity contribution in [2.24, 2.45) is 29.6 Å². The van der Waals surface area contributed by atoms with Crippen LogP contribution in [0.2, 0.25) is 0 Å². The lowest BCUT2D eigenvalue weighted by Gasteiger charge is -2.54. The SMILES string of the molecule is O=C(C1C2CC3CC(C2)CC1C3)N1CCCCO1. The molecule has 18 heavy (non-hydrogen) atoms. The molecule has 0 atom stereocenters. The Morgan fingerprint density at radius 3 is 2.17 bits per heavy atom. The van der Waals surface area contributed by atoms with Gasteiger partial charge in [0, 0.05) is 12.5 Å². The van der Waals surface area contributed by atoms with Gasteiger partial charge in [0.1, 0.15) is 0 Å². The molecule has 4 saturated carbocycles. The van der Waals surface area contributed by atoms with Gasteiger partial charge in [-0.3, -0.25) is 9.63 Å². The van der Waals surface area contributed by atoms with Crippen LogP contribution in [0.25, 0.3) is 0 Å². The first-order chi connectivity index (χ1) is 8.81. The zero-order chi connectivity index (χ0) is 12.1. The topological polar surface area (TPSA) is 29.5 Å². The average molecular weight is 249 g/mol. The van der Waals surface area contributed by atoms with Gasteiger partial charge in [-0.15, -0.1) is 0 Å². The average Bonchev–Trinajstić information content (AvgIpc) is 2.38. The van der Waals surface area contributed by atoms with Crippen molar-refractivity contribution in [1.29, 1.82) is 0 Å². The summed E-state index contributed by atoms with van der Waals surface area (Å²) in [6.07, 6.45) is 8.93. The van der Waals surface area contributed by atoms with Crippen molar-refractivity contribution in [3.8, 4) is 0 Å². The van der Waals surface area contributed by atoms with Crippen LogP contribution < -0.4 is 0 Å². The van der Waals surface area contributed by atoms with Crippen LogP contribution in [-0.4, -0.2) is 24.1 Å². The first kappa shape index (κ1) is 11.3. The van der Waals surface area contributed by atoms with Crippen molar-refractivity contribution in [1.82, 2.24) is 5.06 Å². The molecule has 1 heterocycles. The molecular formula is C15H23NO2. The normalized spacial score (nSPS) is 46.4. The predicted molar refractivity (Wildman–Crippen MR) is 67.4 cm³/mol. The molecule has 1 amide bonds. The van der Waals surface area contributed by atoms with E-state index in [1.54, 1.807) is 5.06 Å². The third-order valence-electron chi connectivity index (χ3n) is 5.76. The van der Waals surface area contributed by atoms with E-state index in [0.29, 0.717) is 23.7 Å². The minimum atomic E-state index is 0.302. The van der Waals surface area contributed by atoms with Crippen molar-refractivity contribution in [2.75, 3.05) is 13.2 Å². The molecule has 1 aliphatic heterocycles. The fraction of sp³-hybridized carbons (Fsp3) is 0.933. The molecular weight excluding hydrogens is 226 g/mol. The highest BCUT2D eigenvalue weighted by molar-refractivity contribution is 5.79. The molecule has 0 unspecified atom stereocenters. The molecule has 5 rings (SSSR count). The van der Waals surface area contributed by atoms with E-state index in [4.69, 9.17) is 4.84 Å².